The predicted molar refractivity (Wildman–Crippen MR) is 138 cm³/mol. The minimum atomic E-state index is -2.02. The van der Waals surface area contributed by atoms with Crippen molar-refractivity contribution in [1.29, 1.82) is 0 Å². The number of carbonyl (C=O) groups excluding carboxylic acids is 3. The van der Waals surface area contributed by atoms with Gasteiger partial charge in [-0.25, -0.2) is 9.59 Å². The fraction of sp³-hybridized carbons (Fsp3) is 0.741. The zero-order valence-corrected chi connectivity index (χ0v) is 23.3. The first kappa shape index (κ1) is 28.0. The number of rotatable bonds is 8. The molecule has 0 aromatic carbocycles. The third-order valence-electron chi connectivity index (χ3n) is 10.1. The summed E-state index contributed by atoms with van der Waals surface area (Å²) in [6.07, 6.45) is 4.36. The van der Waals surface area contributed by atoms with Gasteiger partial charge in [-0.2, -0.15) is 0 Å². The minimum absolute atomic E-state index is 0.0216. The molecule has 1 saturated heterocycles. The molecule has 3 N–H and O–H groups in total. The van der Waals surface area contributed by atoms with Gasteiger partial charge >= 0.3 is 5.97 Å². The van der Waals surface area contributed by atoms with Crippen molar-refractivity contribution in [2.75, 3.05) is 13.2 Å². The SMILES string of the molecule is CC(=O)OCC(=O)C12OC(CCCNNP)OC1CC1C3CC=C4CC(=O)C=CC4(C)C3(F)C(O)CC12C. The summed E-state index contributed by atoms with van der Waals surface area (Å²) in [5.74, 6) is -2.04. The van der Waals surface area contributed by atoms with Crippen LogP contribution >= 0.6 is 9.39 Å². The van der Waals surface area contributed by atoms with Crippen molar-refractivity contribution in [3.05, 3.63) is 23.8 Å². The number of alkyl halides is 1. The van der Waals surface area contributed by atoms with E-state index >= 15 is 4.39 Å². The average molecular weight is 553 g/mol. The molecule has 4 aliphatic carbocycles. The van der Waals surface area contributed by atoms with Gasteiger partial charge in [-0.15, -0.1) is 0 Å². The topological polar surface area (TPSA) is 123 Å². The maximum atomic E-state index is 17.4. The van der Waals surface area contributed by atoms with E-state index in [2.05, 4.69) is 20.0 Å². The molecule has 5 rings (SSSR count). The van der Waals surface area contributed by atoms with Gasteiger partial charge in [0, 0.05) is 36.6 Å². The molecule has 1 heterocycles. The van der Waals surface area contributed by atoms with E-state index in [1.165, 1.54) is 13.0 Å². The highest BCUT2D eigenvalue weighted by Gasteiger charge is 2.79. The number of hydrogen-bond acceptors (Lipinski definition) is 9. The van der Waals surface area contributed by atoms with Crippen LogP contribution in [-0.2, 0) is 28.6 Å². The van der Waals surface area contributed by atoms with Crippen LogP contribution in [0.2, 0.25) is 0 Å². The lowest BCUT2D eigenvalue weighted by Crippen LogP contribution is -2.69. The van der Waals surface area contributed by atoms with Gasteiger partial charge in [-0.05, 0) is 51.0 Å². The molecular weight excluding hydrogens is 514 g/mol. The lowest BCUT2D eigenvalue weighted by molar-refractivity contribution is -0.227. The fourth-order valence-corrected chi connectivity index (χ4v) is 8.41. The van der Waals surface area contributed by atoms with Crippen molar-refractivity contribution in [1.82, 2.24) is 10.6 Å². The van der Waals surface area contributed by atoms with Gasteiger partial charge in [-0.1, -0.05) is 34.0 Å². The Morgan fingerprint density at radius 1 is 1.32 bits per heavy atom. The summed E-state index contributed by atoms with van der Waals surface area (Å²) in [6.45, 7) is 5.06. The van der Waals surface area contributed by atoms with Crippen molar-refractivity contribution in [3.63, 3.8) is 0 Å². The second kappa shape index (κ2) is 9.82. The number of ketones is 2. The van der Waals surface area contributed by atoms with E-state index in [4.69, 9.17) is 14.2 Å². The van der Waals surface area contributed by atoms with Crippen LogP contribution < -0.4 is 10.6 Å². The Morgan fingerprint density at radius 3 is 2.79 bits per heavy atom. The molecule has 1 aliphatic heterocycles. The fourth-order valence-electron chi connectivity index (χ4n) is 8.27. The first-order valence-corrected chi connectivity index (χ1v) is 14.0. The third-order valence-corrected chi connectivity index (χ3v) is 10.3. The highest BCUT2D eigenvalue weighted by Crippen LogP contribution is 2.71. The molecular formula is C27H38FN2O7P. The summed E-state index contributed by atoms with van der Waals surface area (Å²) in [5, 5.41) is 14.4. The summed E-state index contributed by atoms with van der Waals surface area (Å²) < 4.78 is 35.4. The minimum Gasteiger partial charge on any atom is -0.458 e. The standard InChI is InChI=1S/C27H38FN2O7P/c1-15(31)35-14-21(34)27-22(36-23(37-27)5-4-10-29-30-38)12-19-18-7-6-16-11-17(32)8-9-24(16,2)26(18,28)20(33)13-25(19,27)3/h6,8-9,18-20,22-23,29-30,33H,4-5,7,10-14,38H2,1-3H3. The van der Waals surface area contributed by atoms with Crippen LogP contribution in [0.25, 0.3) is 0 Å². The van der Waals surface area contributed by atoms with Crippen LogP contribution in [0.5, 0.6) is 0 Å². The van der Waals surface area contributed by atoms with Crippen LogP contribution in [0, 0.1) is 22.7 Å². The number of allylic oxidation sites excluding steroid dienone is 4. The predicted octanol–water partition coefficient (Wildman–Crippen LogP) is 2.24. The molecule has 10 unspecified atom stereocenters. The molecule has 5 aliphatic rings. The summed E-state index contributed by atoms with van der Waals surface area (Å²) in [6, 6.07) is 0. The molecule has 3 fully saturated rings. The van der Waals surface area contributed by atoms with E-state index in [0.717, 1.165) is 0 Å². The second-order valence-corrected chi connectivity index (χ2v) is 12.1. The van der Waals surface area contributed by atoms with Crippen molar-refractivity contribution in [2.45, 2.75) is 89.1 Å². The Balaban J connectivity index is 1.51. The zero-order valence-electron chi connectivity index (χ0n) is 22.1. The number of nitrogens with one attached hydrogen (secondary N) is 2. The van der Waals surface area contributed by atoms with Crippen LogP contribution in [0.3, 0.4) is 0 Å². The first-order valence-electron chi connectivity index (χ1n) is 13.4. The zero-order chi connectivity index (χ0) is 27.5. The normalized spacial score (nSPS) is 45.1. The van der Waals surface area contributed by atoms with Gasteiger partial charge in [0.05, 0.1) is 12.2 Å². The van der Waals surface area contributed by atoms with Crippen molar-refractivity contribution in [2.24, 2.45) is 22.7 Å². The second-order valence-electron chi connectivity index (χ2n) is 11.8. The maximum absolute atomic E-state index is 17.4. The Kier molecular flexibility index (Phi) is 7.24. The number of aliphatic hydroxyl groups excluding tert-OH is 1. The summed E-state index contributed by atoms with van der Waals surface area (Å²) in [4.78, 5) is 37.5. The molecule has 9 nitrogen and oxygen atoms in total. The average Bonchev–Trinajstić information content (AvgIpc) is 3.34. The number of halogens is 1. The molecule has 0 aromatic rings. The first-order chi connectivity index (χ1) is 17.9. The summed E-state index contributed by atoms with van der Waals surface area (Å²) >= 11 is 0. The smallest absolute Gasteiger partial charge is 0.303 e. The number of Topliss-reactive ketones (excluding diaryl/α,β-unsaturated/α-hetero) is 1. The van der Waals surface area contributed by atoms with Gasteiger partial charge in [0.1, 0.15) is 0 Å². The lowest BCUT2D eigenvalue weighted by atomic mass is 9.45. The molecule has 2 saturated carbocycles. The van der Waals surface area contributed by atoms with Crippen molar-refractivity contribution in [3.8, 4) is 0 Å². The van der Waals surface area contributed by atoms with Crippen LogP contribution in [0.1, 0.15) is 59.3 Å². The van der Waals surface area contributed by atoms with Crippen LogP contribution in [0.15, 0.2) is 23.8 Å². The lowest BCUT2D eigenvalue weighted by Gasteiger charge is -2.62. The Morgan fingerprint density at radius 2 is 2.08 bits per heavy atom. The number of hydrogen-bond donors (Lipinski definition) is 3. The number of ether oxygens (including phenoxy) is 3. The maximum Gasteiger partial charge on any atom is 0.303 e. The third kappa shape index (κ3) is 3.82. The van der Waals surface area contributed by atoms with Gasteiger partial charge in [-0.3, -0.25) is 19.8 Å². The van der Waals surface area contributed by atoms with Gasteiger partial charge in [0.2, 0.25) is 5.78 Å². The number of fused-ring (bicyclic) bond motifs is 7. The van der Waals surface area contributed by atoms with Crippen molar-refractivity contribution >= 4 is 26.9 Å². The highest BCUT2D eigenvalue weighted by atomic mass is 31.0. The summed E-state index contributed by atoms with van der Waals surface area (Å²) in [7, 11) is 2.36. The largest absolute Gasteiger partial charge is 0.458 e. The summed E-state index contributed by atoms with van der Waals surface area (Å²) in [5.41, 5.74) is -1.90. The van der Waals surface area contributed by atoms with E-state index in [1.807, 2.05) is 13.0 Å². The van der Waals surface area contributed by atoms with E-state index in [9.17, 15) is 19.5 Å². The molecule has 0 amide bonds. The van der Waals surface area contributed by atoms with E-state index < -0.39 is 64.9 Å². The molecule has 0 spiro atoms. The van der Waals surface area contributed by atoms with Crippen LogP contribution in [0.4, 0.5) is 4.39 Å². The quantitative estimate of drug-likeness (QED) is 0.137. The number of esters is 1. The van der Waals surface area contributed by atoms with E-state index in [0.29, 0.717) is 37.8 Å². The molecule has 0 bridgehead atoms. The molecule has 38 heavy (non-hydrogen) atoms. The molecule has 0 radical (unpaired) electrons. The van der Waals surface area contributed by atoms with E-state index in [-0.39, 0.29) is 24.5 Å². The number of aliphatic hydroxyl groups is 1. The molecule has 210 valence electrons. The monoisotopic (exact) mass is 552 g/mol. The Labute approximate surface area is 224 Å². The van der Waals surface area contributed by atoms with Gasteiger partial charge in [0.15, 0.2) is 29.9 Å². The molecule has 10 atom stereocenters. The van der Waals surface area contributed by atoms with Crippen LogP contribution in [-0.4, -0.2) is 65.6 Å². The molecule has 11 heteroatoms. The Hall–Kier alpha value is -1.55. The number of hydrazine groups is 1. The van der Waals surface area contributed by atoms with Gasteiger partial charge in [0.25, 0.3) is 0 Å². The van der Waals surface area contributed by atoms with Crippen molar-refractivity contribution < 1.29 is 38.1 Å². The number of carbonyl (C=O) groups is 3. The molecule has 0 aromatic heterocycles. The Bertz CT molecular complexity index is 1090. The highest BCUT2D eigenvalue weighted by molar-refractivity contribution is 7.13. The van der Waals surface area contributed by atoms with Gasteiger partial charge < -0.3 is 19.3 Å². The van der Waals surface area contributed by atoms with E-state index in [1.54, 1.807) is 13.0 Å².